The maximum atomic E-state index is 10.3. The second kappa shape index (κ2) is 6.35. The SMILES string of the molecule is C/C(=C\[C@H](O)[C@H](C)c1ccccc1)c1ccccc1. The summed E-state index contributed by atoms with van der Waals surface area (Å²) in [4.78, 5) is 0. The van der Waals surface area contributed by atoms with Crippen molar-refractivity contribution in [3.63, 3.8) is 0 Å². The van der Waals surface area contributed by atoms with Crippen molar-refractivity contribution >= 4 is 5.57 Å². The van der Waals surface area contributed by atoms with E-state index in [4.69, 9.17) is 0 Å². The van der Waals surface area contributed by atoms with Gasteiger partial charge in [-0.1, -0.05) is 73.7 Å². The Labute approximate surface area is 115 Å². The van der Waals surface area contributed by atoms with Crippen LogP contribution in [0.2, 0.25) is 0 Å². The average molecular weight is 252 g/mol. The fraction of sp³-hybridized carbons (Fsp3) is 0.222. The topological polar surface area (TPSA) is 20.2 Å². The van der Waals surface area contributed by atoms with Crippen LogP contribution in [0.15, 0.2) is 66.7 Å². The lowest BCUT2D eigenvalue weighted by Gasteiger charge is -2.17. The third kappa shape index (κ3) is 3.55. The zero-order valence-corrected chi connectivity index (χ0v) is 11.5. The Hall–Kier alpha value is -1.86. The van der Waals surface area contributed by atoms with Gasteiger partial charge in [0.2, 0.25) is 0 Å². The molecule has 1 heteroatoms. The number of aliphatic hydroxyl groups is 1. The minimum atomic E-state index is -0.470. The lowest BCUT2D eigenvalue weighted by atomic mass is 9.93. The van der Waals surface area contributed by atoms with Crippen LogP contribution < -0.4 is 0 Å². The maximum Gasteiger partial charge on any atom is 0.0792 e. The number of allylic oxidation sites excluding steroid dienone is 1. The smallest absolute Gasteiger partial charge is 0.0792 e. The molecule has 0 saturated carbocycles. The molecule has 0 bridgehead atoms. The van der Waals surface area contributed by atoms with E-state index in [-0.39, 0.29) is 5.92 Å². The summed E-state index contributed by atoms with van der Waals surface area (Å²) in [7, 11) is 0. The van der Waals surface area contributed by atoms with Crippen LogP contribution in [0, 0.1) is 0 Å². The highest BCUT2D eigenvalue weighted by molar-refractivity contribution is 5.64. The first kappa shape index (κ1) is 13.6. The van der Waals surface area contributed by atoms with Crippen LogP contribution in [0.1, 0.15) is 30.9 Å². The summed E-state index contributed by atoms with van der Waals surface area (Å²) in [5, 5.41) is 10.3. The molecule has 0 amide bonds. The Morgan fingerprint density at radius 1 is 0.947 bits per heavy atom. The number of hydrogen-bond acceptors (Lipinski definition) is 1. The van der Waals surface area contributed by atoms with E-state index in [1.165, 1.54) is 0 Å². The molecular weight excluding hydrogens is 232 g/mol. The Bertz CT molecular complexity index is 528. The van der Waals surface area contributed by atoms with Crippen molar-refractivity contribution in [2.75, 3.05) is 0 Å². The third-order valence-corrected chi connectivity index (χ3v) is 3.49. The predicted molar refractivity (Wildman–Crippen MR) is 81.0 cm³/mol. The van der Waals surface area contributed by atoms with Gasteiger partial charge in [0.05, 0.1) is 6.10 Å². The Morgan fingerprint density at radius 2 is 1.47 bits per heavy atom. The first-order valence-corrected chi connectivity index (χ1v) is 6.65. The lowest BCUT2D eigenvalue weighted by Crippen LogP contribution is -2.13. The van der Waals surface area contributed by atoms with E-state index >= 15 is 0 Å². The van der Waals surface area contributed by atoms with Crippen LogP contribution in [-0.4, -0.2) is 11.2 Å². The van der Waals surface area contributed by atoms with Crippen LogP contribution in [0.3, 0.4) is 0 Å². The number of hydrogen-bond donors (Lipinski definition) is 1. The van der Waals surface area contributed by atoms with Crippen LogP contribution in [0.25, 0.3) is 5.57 Å². The van der Waals surface area contributed by atoms with E-state index in [0.717, 1.165) is 16.7 Å². The first-order valence-electron chi connectivity index (χ1n) is 6.65. The molecule has 0 fully saturated rings. The van der Waals surface area contributed by atoms with Crippen LogP contribution in [-0.2, 0) is 0 Å². The number of benzene rings is 2. The zero-order valence-electron chi connectivity index (χ0n) is 11.5. The van der Waals surface area contributed by atoms with E-state index in [1.54, 1.807) is 0 Å². The van der Waals surface area contributed by atoms with Crippen molar-refractivity contribution in [1.82, 2.24) is 0 Å². The molecule has 0 heterocycles. The predicted octanol–water partition coefficient (Wildman–Crippen LogP) is 4.25. The minimum Gasteiger partial charge on any atom is -0.388 e. The summed E-state index contributed by atoms with van der Waals surface area (Å²) in [6.45, 7) is 4.09. The van der Waals surface area contributed by atoms with E-state index < -0.39 is 6.10 Å². The molecule has 0 aromatic heterocycles. The highest BCUT2D eigenvalue weighted by atomic mass is 16.3. The Morgan fingerprint density at radius 3 is 2.05 bits per heavy atom. The molecular formula is C18H20O. The molecule has 1 nitrogen and oxygen atoms in total. The maximum absolute atomic E-state index is 10.3. The molecule has 0 aliphatic heterocycles. The summed E-state index contributed by atoms with van der Waals surface area (Å²) in [6.07, 6.45) is 1.47. The number of aliphatic hydroxyl groups excluding tert-OH is 1. The van der Waals surface area contributed by atoms with Gasteiger partial charge in [-0.05, 0) is 23.6 Å². The molecule has 2 aromatic carbocycles. The van der Waals surface area contributed by atoms with Crippen molar-refractivity contribution in [2.24, 2.45) is 0 Å². The van der Waals surface area contributed by atoms with Crippen molar-refractivity contribution in [3.8, 4) is 0 Å². The van der Waals surface area contributed by atoms with Crippen molar-refractivity contribution < 1.29 is 5.11 Å². The third-order valence-electron chi connectivity index (χ3n) is 3.49. The summed E-state index contributed by atoms with van der Waals surface area (Å²) in [5.41, 5.74) is 3.42. The molecule has 98 valence electrons. The van der Waals surface area contributed by atoms with Crippen molar-refractivity contribution in [3.05, 3.63) is 77.9 Å². The van der Waals surface area contributed by atoms with Gasteiger partial charge in [-0.2, -0.15) is 0 Å². The molecule has 1 N–H and O–H groups in total. The van der Waals surface area contributed by atoms with E-state index in [0.29, 0.717) is 0 Å². The van der Waals surface area contributed by atoms with Gasteiger partial charge >= 0.3 is 0 Å². The van der Waals surface area contributed by atoms with Gasteiger partial charge < -0.3 is 5.11 Å². The molecule has 0 saturated heterocycles. The molecule has 2 aromatic rings. The minimum absolute atomic E-state index is 0.0971. The van der Waals surface area contributed by atoms with Gasteiger partial charge in [-0.15, -0.1) is 0 Å². The van der Waals surface area contributed by atoms with Gasteiger partial charge in [0, 0.05) is 5.92 Å². The van der Waals surface area contributed by atoms with Gasteiger partial charge in [-0.3, -0.25) is 0 Å². The zero-order chi connectivity index (χ0) is 13.7. The van der Waals surface area contributed by atoms with E-state index in [2.05, 4.69) is 31.2 Å². The second-order valence-corrected chi connectivity index (χ2v) is 4.91. The fourth-order valence-electron chi connectivity index (χ4n) is 2.15. The number of rotatable bonds is 4. The summed E-state index contributed by atoms with van der Waals surface area (Å²) in [5.74, 6) is 0.0971. The largest absolute Gasteiger partial charge is 0.388 e. The monoisotopic (exact) mass is 252 g/mol. The summed E-state index contributed by atoms with van der Waals surface area (Å²) >= 11 is 0. The molecule has 2 rings (SSSR count). The Kier molecular flexibility index (Phi) is 4.53. The molecule has 0 aliphatic carbocycles. The summed E-state index contributed by atoms with van der Waals surface area (Å²) < 4.78 is 0. The normalized spacial score (nSPS) is 15.0. The average Bonchev–Trinajstić information content (AvgIpc) is 2.48. The first-order chi connectivity index (χ1) is 9.18. The molecule has 2 atom stereocenters. The van der Waals surface area contributed by atoms with E-state index in [9.17, 15) is 5.11 Å². The fourth-order valence-corrected chi connectivity index (χ4v) is 2.15. The van der Waals surface area contributed by atoms with Gasteiger partial charge in [0.1, 0.15) is 0 Å². The standard InChI is InChI=1S/C18H20O/c1-14(16-9-5-3-6-10-16)13-18(19)15(2)17-11-7-4-8-12-17/h3-13,15,18-19H,1-2H3/b14-13+/t15-,18+/m1/s1. The quantitative estimate of drug-likeness (QED) is 0.862. The molecule has 0 spiro atoms. The Balaban J connectivity index is 2.14. The molecule has 0 aliphatic rings. The van der Waals surface area contributed by atoms with Crippen molar-refractivity contribution in [1.29, 1.82) is 0 Å². The van der Waals surface area contributed by atoms with Gasteiger partial charge in [0.25, 0.3) is 0 Å². The van der Waals surface area contributed by atoms with Gasteiger partial charge in [0.15, 0.2) is 0 Å². The molecule has 0 unspecified atom stereocenters. The van der Waals surface area contributed by atoms with Gasteiger partial charge in [-0.25, -0.2) is 0 Å². The molecule has 19 heavy (non-hydrogen) atoms. The van der Waals surface area contributed by atoms with Crippen LogP contribution in [0.4, 0.5) is 0 Å². The van der Waals surface area contributed by atoms with Crippen molar-refractivity contribution in [2.45, 2.75) is 25.9 Å². The van der Waals surface area contributed by atoms with Crippen LogP contribution >= 0.6 is 0 Å². The molecule has 0 radical (unpaired) electrons. The van der Waals surface area contributed by atoms with E-state index in [1.807, 2.05) is 49.4 Å². The second-order valence-electron chi connectivity index (χ2n) is 4.91. The summed E-state index contributed by atoms with van der Waals surface area (Å²) in [6, 6.07) is 20.3. The van der Waals surface area contributed by atoms with Crippen LogP contribution in [0.5, 0.6) is 0 Å². The highest BCUT2D eigenvalue weighted by Gasteiger charge is 2.14. The highest BCUT2D eigenvalue weighted by Crippen LogP contribution is 2.22. The lowest BCUT2D eigenvalue weighted by molar-refractivity contribution is 0.197.